The highest BCUT2D eigenvalue weighted by Crippen LogP contribution is 2.21. The SMILES string of the molecule is C=CC(=O)OCCCCC#Cc1ccc2cc(C#Cc3cc(CC)c(C#Cc4ccc5cc(C#CCCCCOC(=O)C=C)ccc5c4)cc3CC)ccc2c1. The molecule has 0 bridgehead atoms. The lowest BCUT2D eigenvalue weighted by molar-refractivity contribution is -0.138. The van der Waals surface area contributed by atoms with Crippen LogP contribution in [0.3, 0.4) is 0 Å². The molecular formula is C52H46O4. The first kappa shape index (κ1) is 40.5. The Morgan fingerprint density at radius 2 is 0.857 bits per heavy atom. The van der Waals surface area contributed by atoms with Crippen molar-refractivity contribution in [2.24, 2.45) is 0 Å². The van der Waals surface area contributed by atoms with Crippen LogP contribution in [0.2, 0.25) is 0 Å². The van der Waals surface area contributed by atoms with Gasteiger partial charge in [0.25, 0.3) is 0 Å². The molecule has 0 radical (unpaired) electrons. The van der Waals surface area contributed by atoms with Crippen molar-refractivity contribution >= 4 is 33.5 Å². The molecule has 0 heterocycles. The van der Waals surface area contributed by atoms with E-state index in [4.69, 9.17) is 9.47 Å². The highest BCUT2D eigenvalue weighted by atomic mass is 16.5. The van der Waals surface area contributed by atoms with Gasteiger partial charge in [0.2, 0.25) is 0 Å². The van der Waals surface area contributed by atoms with Crippen molar-refractivity contribution in [2.45, 2.75) is 65.2 Å². The van der Waals surface area contributed by atoms with Crippen LogP contribution in [0, 0.1) is 47.4 Å². The first-order valence-electron chi connectivity index (χ1n) is 19.2. The number of ether oxygens (including phenoxy) is 2. The van der Waals surface area contributed by atoms with Gasteiger partial charge in [-0.3, -0.25) is 0 Å². The van der Waals surface area contributed by atoms with E-state index in [0.29, 0.717) is 13.2 Å². The average Bonchev–Trinajstić information content (AvgIpc) is 3.23. The molecule has 0 fully saturated rings. The molecule has 278 valence electrons. The predicted octanol–water partition coefficient (Wildman–Crippen LogP) is 10.4. The number of carbonyl (C=O) groups excluding carboxylic acids is 2. The Balaban J connectivity index is 1.22. The van der Waals surface area contributed by atoms with Crippen molar-refractivity contribution in [3.8, 4) is 47.4 Å². The summed E-state index contributed by atoms with van der Waals surface area (Å²) in [5.41, 5.74) is 8.33. The Hall–Kier alpha value is -6.72. The maximum Gasteiger partial charge on any atom is 0.330 e. The lowest BCUT2D eigenvalue weighted by Crippen LogP contribution is -2.01. The van der Waals surface area contributed by atoms with E-state index in [1.807, 2.05) is 12.1 Å². The molecule has 0 amide bonds. The van der Waals surface area contributed by atoms with Crippen LogP contribution in [0.15, 0.2) is 110 Å². The fraction of sp³-hybridized carbons (Fsp3) is 0.231. The summed E-state index contributed by atoms with van der Waals surface area (Å²) in [6.07, 6.45) is 8.88. The largest absolute Gasteiger partial charge is 0.463 e. The minimum atomic E-state index is -0.386. The van der Waals surface area contributed by atoms with Gasteiger partial charge < -0.3 is 9.47 Å². The summed E-state index contributed by atoms with van der Waals surface area (Å²) in [5, 5.41) is 4.50. The third kappa shape index (κ3) is 12.2. The summed E-state index contributed by atoms with van der Waals surface area (Å²) in [7, 11) is 0. The van der Waals surface area contributed by atoms with Gasteiger partial charge in [0.15, 0.2) is 0 Å². The van der Waals surface area contributed by atoms with Crippen molar-refractivity contribution in [3.05, 3.63) is 155 Å². The van der Waals surface area contributed by atoms with E-state index in [2.05, 4.69) is 147 Å². The molecule has 0 aliphatic carbocycles. The summed E-state index contributed by atoms with van der Waals surface area (Å²) in [6, 6.07) is 29.5. The highest BCUT2D eigenvalue weighted by Gasteiger charge is 2.07. The smallest absolute Gasteiger partial charge is 0.330 e. The number of esters is 2. The van der Waals surface area contributed by atoms with Gasteiger partial charge in [0, 0.05) is 58.4 Å². The first-order chi connectivity index (χ1) is 27.4. The Morgan fingerprint density at radius 3 is 1.20 bits per heavy atom. The second-order valence-corrected chi connectivity index (χ2v) is 13.2. The standard InChI is InChI=1S/C52H46O4/c1-5-43-37-50(30-24-42-22-28-46-34-40(20-26-48(46)36-42)18-14-10-12-16-32-56-52(54)8-4)44(6-2)38-49(43)29-23-41-21-27-45-33-39(19-25-47(45)35-41)17-13-9-11-15-31-55-51(53)7-3/h7-8,19-22,25-28,33-38H,3-6,9-12,15-16,31-32H2,1-2H3. The van der Waals surface area contributed by atoms with E-state index in [9.17, 15) is 9.59 Å². The van der Waals surface area contributed by atoms with Crippen LogP contribution >= 0.6 is 0 Å². The van der Waals surface area contributed by atoms with E-state index in [1.54, 1.807) is 0 Å². The lowest BCUT2D eigenvalue weighted by Gasteiger charge is -2.08. The maximum atomic E-state index is 11.1. The van der Waals surface area contributed by atoms with Gasteiger partial charge in [-0.2, -0.15) is 0 Å². The molecule has 5 aromatic carbocycles. The number of fused-ring (bicyclic) bond motifs is 2. The molecule has 5 rings (SSSR count). The number of carbonyl (C=O) groups is 2. The number of aryl methyl sites for hydroxylation is 2. The molecule has 4 nitrogen and oxygen atoms in total. The van der Waals surface area contributed by atoms with Crippen LogP contribution in [0.1, 0.15) is 96.9 Å². The molecule has 56 heavy (non-hydrogen) atoms. The predicted molar refractivity (Wildman–Crippen MR) is 229 cm³/mol. The van der Waals surface area contributed by atoms with Gasteiger partial charge in [-0.25, -0.2) is 9.59 Å². The minimum absolute atomic E-state index is 0.386. The number of hydrogen-bond acceptors (Lipinski definition) is 4. The molecule has 0 spiro atoms. The fourth-order valence-corrected chi connectivity index (χ4v) is 6.01. The molecule has 0 saturated carbocycles. The van der Waals surface area contributed by atoms with E-state index in [1.165, 1.54) is 23.3 Å². The van der Waals surface area contributed by atoms with Crippen molar-refractivity contribution in [1.82, 2.24) is 0 Å². The van der Waals surface area contributed by atoms with Crippen molar-refractivity contribution < 1.29 is 19.1 Å². The third-order valence-corrected chi connectivity index (χ3v) is 9.13. The minimum Gasteiger partial charge on any atom is -0.463 e. The van der Waals surface area contributed by atoms with Crippen LogP contribution in [0.25, 0.3) is 21.5 Å². The monoisotopic (exact) mass is 734 g/mol. The zero-order chi connectivity index (χ0) is 39.5. The van der Waals surface area contributed by atoms with Crippen molar-refractivity contribution in [2.75, 3.05) is 13.2 Å². The first-order valence-corrected chi connectivity index (χ1v) is 19.2. The van der Waals surface area contributed by atoms with Crippen LogP contribution in [-0.2, 0) is 31.9 Å². The van der Waals surface area contributed by atoms with Crippen LogP contribution in [0.5, 0.6) is 0 Å². The van der Waals surface area contributed by atoms with Crippen molar-refractivity contribution in [1.29, 1.82) is 0 Å². The maximum absolute atomic E-state index is 11.1. The second kappa shape index (κ2) is 21.2. The van der Waals surface area contributed by atoms with E-state index in [0.717, 1.165) is 106 Å². The Kier molecular flexibility index (Phi) is 15.3. The zero-order valence-electron chi connectivity index (χ0n) is 32.4. The third-order valence-electron chi connectivity index (χ3n) is 9.13. The van der Waals surface area contributed by atoms with Gasteiger partial charge in [-0.1, -0.05) is 98.6 Å². The molecule has 0 aliphatic rings. The molecule has 0 unspecified atom stereocenters. The topological polar surface area (TPSA) is 52.6 Å². The molecule has 0 aliphatic heterocycles. The molecule has 0 atom stereocenters. The highest BCUT2D eigenvalue weighted by molar-refractivity contribution is 5.86. The Bertz CT molecular complexity index is 2330. The summed E-state index contributed by atoms with van der Waals surface area (Å²) < 4.78 is 10.0. The number of unbranched alkanes of at least 4 members (excludes halogenated alkanes) is 4. The Morgan fingerprint density at radius 1 is 0.500 bits per heavy atom. The summed E-state index contributed by atoms with van der Waals surface area (Å²) >= 11 is 0. The number of hydrogen-bond donors (Lipinski definition) is 0. The Labute approximate surface area is 332 Å². The molecule has 0 saturated heterocycles. The van der Waals surface area contributed by atoms with E-state index < -0.39 is 0 Å². The molecule has 0 N–H and O–H groups in total. The van der Waals surface area contributed by atoms with E-state index >= 15 is 0 Å². The summed E-state index contributed by atoms with van der Waals surface area (Å²) in [5.74, 6) is 25.9. The molecular weight excluding hydrogens is 689 g/mol. The quantitative estimate of drug-likeness (QED) is 0.0554. The fourth-order valence-electron chi connectivity index (χ4n) is 6.01. The van der Waals surface area contributed by atoms with Gasteiger partial charge in [-0.15, -0.1) is 0 Å². The number of rotatable bonds is 12. The molecule has 0 aromatic heterocycles. The van der Waals surface area contributed by atoms with Crippen LogP contribution < -0.4 is 0 Å². The van der Waals surface area contributed by atoms with Gasteiger partial charge >= 0.3 is 11.9 Å². The van der Waals surface area contributed by atoms with Gasteiger partial charge in [0.05, 0.1) is 13.2 Å². The lowest BCUT2D eigenvalue weighted by atomic mass is 9.95. The number of benzene rings is 5. The summed E-state index contributed by atoms with van der Waals surface area (Å²) in [4.78, 5) is 22.2. The van der Waals surface area contributed by atoms with E-state index in [-0.39, 0.29) is 11.9 Å². The van der Waals surface area contributed by atoms with Crippen LogP contribution in [-0.4, -0.2) is 25.2 Å². The zero-order valence-corrected chi connectivity index (χ0v) is 32.4. The normalized spacial score (nSPS) is 10.0. The van der Waals surface area contributed by atoms with Crippen molar-refractivity contribution in [3.63, 3.8) is 0 Å². The van der Waals surface area contributed by atoms with Crippen LogP contribution in [0.4, 0.5) is 0 Å². The van der Waals surface area contributed by atoms with Gasteiger partial charge in [0.1, 0.15) is 0 Å². The summed E-state index contributed by atoms with van der Waals surface area (Å²) in [6.45, 7) is 11.9. The molecule has 5 aromatic rings. The second-order valence-electron chi connectivity index (χ2n) is 13.2. The average molecular weight is 735 g/mol. The van der Waals surface area contributed by atoms with Gasteiger partial charge in [-0.05, 0) is 132 Å². The molecule has 4 heteroatoms.